The van der Waals surface area contributed by atoms with Gasteiger partial charge in [-0.05, 0) is 42.8 Å². The normalized spacial score (nSPS) is 12.4. The molecule has 1 unspecified atom stereocenters. The molecule has 0 aromatic heterocycles. The molecule has 0 aliphatic rings. The second kappa shape index (κ2) is 6.46. The Kier molecular flexibility index (Phi) is 4.89. The molecule has 2 rings (SSSR count). The minimum absolute atomic E-state index is 0.314. The van der Waals surface area contributed by atoms with Crippen LogP contribution in [0.5, 0.6) is 0 Å². The molecule has 0 bridgehead atoms. The van der Waals surface area contributed by atoms with E-state index >= 15 is 0 Å². The largest absolute Gasteiger partial charge is 0.306 e. The lowest BCUT2D eigenvalue weighted by Gasteiger charge is -2.21. The van der Waals surface area contributed by atoms with Crippen LogP contribution in [0.15, 0.2) is 40.9 Å². The molecule has 1 N–H and O–H groups in total. The summed E-state index contributed by atoms with van der Waals surface area (Å²) in [7, 11) is 0. The van der Waals surface area contributed by atoms with Gasteiger partial charge in [0.1, 0.15) is 11.6 Å². The van der Waals surface area contributed by atoms with Crippen molar-refractivity contribution >= 4 is 15.9 Å². The molecule has 0 heterocycles. The summed E-state index contributed by atoms with van der Waals surface area (Å²) in [6, 6.07) is 9.70. The molecule has 0 saturated heterocycles. The maximum Gasteiger partial charge on any atom is 0.128 e. The molecule has 2 aromatic rings. The molecule has 20 heavy (non-hydrogen) atoms. The van der Waals surface area contributed by atoms with Gasteiger partial charge >= 0.3 is 0 Å². The summed E-state index contributed by atoms with van der Waals surface area (Å²) in [4.78, 5) is 0. The standard InChI is InChI=1S/C16H16BrF2N/c1-3-20-16(11-6-4-5-7-13(11)17)12-9-14(18)10(2)8-15(12)19/h4-9,16,20H,3H2,1-2H3. The van der Waals surface area contributed by atoms with Crippen LogP contribution in [-0.2, 0) is 0 Å². The Morgan fingerprint density at radius 1 is 1.10 bits per heavy atom. The molecule has 0 aliphatic carbocycles. The van der Waals surface area contributed by atoms with Crippen LogP contribution in [0, 0.1) is 18.6 Å². The molecule has 0 saturated carbocycles. The molecule has 1 atom stereocenters. The minimum Gasteiger partial charge on any atom is -0.306 e. The zero-order valence-corrected chi connectivity index (χ0v) is 13.0. The van der Waals surface area contributed by atoms with Gasteiger partial charge < -0.3 is 5.32 Å². The summed E-state index contributed by atoms with van der Waals surface area (Å²) < 4.78 is 28.8. The molecular weight excluding hydrogens is 324 g/mol. The Morgan fingerprint density at radius 2 is 1.80 bits per heavy atom. The van der Waals surface area contributed by atoms with Crippen LogP contribution in [0.2, 0.25) is 0 Å². The second-order valence-electron chi connectivity index (χ2n) is 4.64. The first-order valence-corrected chi connectivity index (χ1v) is 7.27. The minimum atomic E-state index is -0.398. The van der Waals surface area contributed by atoms with Crippen LogP contribution < -0.4 is 5.32 Å². The molecule has 106 valence electrons. The quantitative estimate of drug-likeness (QED) is 0.848. The predicted molar refractivity (Wildman–Crippen MR) is 80.8 cm³/mol. The fraction of sp³-hybridized carbons (Fsp3) is 0.250. The van der Waals surface area contributed by atoms with Crippen molar-refractivity contribution in [3.8, 4) is 0 Å². The number of hydrogen-bond donors (Lipinski definition) is 1. The molecular formula is C16H16BrF2N. The summed E-state index contributed by atoms with van der Waals surface area (Å²) in [5.74, 6) is -0.790. The van der Waals surface area contributed by atoms with Crippen LogP contribution >= 0.6 is 15.9 Å². The van der Waals surface area contributed by atoms with Crippen molar-refractivity contribution < 1.29 is 8.78 Å². The van der Waals surface area contributed by atoms with Gasteiger partial charge in [0, 0.05) is 10.0 Å². The smallest absolute Gasteiger partial charge is 0.128 e. The number of nitrogens with one attached hydrogen (secondary N) is 1. The van der Waals surface area contributed by atoms with Crippen molar-refractivity contribution in [1.82, 2.24) is 5.32 Å². The maximum absolute atomic E-state index is 14.2. The summed E-state index contributed by atoms with van der Waals surface area (Å²) in [5.41, 5.74) is 1.52. The highest BCUT2D eigenvalue weighted by Crippen LogP contribution is 2.31. The monoisotopic (exact) mass is 339 g/mol. The zero-order chi connectivity index (χ0) is 14.7. The number of rotatable bonds is 4. The molecule has 4 heteroatoms. The lowest BCUT2D eigenvalue weighted by atomic mass is 9.97. The first kappa shape index (κ1) is 15.1. The van der Waals surface area contributed by atoms with Gasteiger partial charge in [-0.25, -0.2) is 8.78 Å². The van der Waals surface area contributed by atoms with Crippen LogP contribution in [-0.4, -0.2) is 6.54 Å². The fourth-order valence-corrected chi connectivity index (χ4v) is 2.70. The highest BCUT2D eigenvalue weighted by molar-refractivity contribution is 9.10. The Labute approximate surface area is 126 Å². The second-order valence-corrected chi connectivity index (χ2v) is 5.49. The van der Waals surface area contributed by atoms with Gasteiger partial charge in [0.15, 0.2) is 0 Å². The van der Waals surface area contributed by atoms with Crippen LogP contribution in [0.4, 0.5) is 8.78 Å². The van der Waals surface area contributed by atoms with E-state index in [0.29, 0.717) is 17.7 Å². The molecule has 0 fully saturated rings. The molecule has 0 spiro atoms. The van der Waals surface area contributed by atoms with E-state index in [1.807, 2.05) is 31.2 Å². The van der Waals surface area contributed by atoms with Crippen LogP contribution in [0.1, 0.15) is 29.7 Å². The highest BCUT2D eigenvalue weighted by atomic mass is 79.9. The van der Waals surface area contributed by atoms with E-state index in [2.05, 4.69) is 21.2 Å². The lowest BCUT2D eigenvalue weighted by Crippen LogP contribution is -2.23. The van der Waals surface area contributed by atoms with Gasteiger partial charge in [-0.2, -0.15) is 0 Å². The Hall–Kier alpha value is -1.26. The Bertz CT molecular complexity index is 613. The van der Waals surface area contributed by atoms with Gasteiger partial charge in [0.2, 0.25) is 0 Å². The van der Waals surface area contributed by atoms with Crippen LogP contribution in [0.3, 0.4) is 0 Å². The van der Waals surface area contributed by atoms with Gasteiger partial charge in [-0.15, -0.1) is 0 Å². The number of halogens is 3. The third-order valence-electron chi connectivity index (χ3n) is 3.21. The van der Waals surface area contributed by atoms with Gasteiger partial charge in [-0.1, -0.05) is 41.1 Å². The van der Waals surface area contributed by atoms with Crippen molar-refractivity contribution in [3.63, 3.8) is 0 Å². The van der Waals surface area contributed by atoms with Crippen molar-refractivity contribution in [1.29, 1.82) is 0 Å². The summed E-state index contributed by atoms with van der Waals surface area (Å²) >= 11 is 3.47. The van der Waals surface area contributed by atoms with Crippen molar-refractivity contribution in [2.45, 2.75) is 19.9 Å². The maximum atomic E-state index is 14.2. The third kappa shape index (κ3) is 3.07. The molecule has 0 amide bonds. The molecule has 1 nitrogen and oxygen atoms in total. The highest BCUT2D eigenvalue weighted by Gasteiger charge is 2.20. The predicted octanol–water partition coefficient (Wildman–Crippen LogP) is 4.73. The zero-order valence-electron chi connectivity index (χ0n) is 11.4. The van der Waals surface area contributed by atoms with Gasteiger partial charge in [0.25, 0.3) is 0 Å². The number of benzene rings is 2. The topological polar surface area (TPSA) is 12.0 Å². The van der Waals surface area contributed by atoms with Crippen molar-refractivity contribution in [3.05, 3.63) is 69.2 Å². The number of aryl methyl sites for hydroxylation is 1. The van der Waals surface area contributed by atoms with E-state index in [4.69, 9.17) is 0 Å². The summed E-state index contributed by atoms with van der Waals surface area (Å²) in [6.07, 6.45) is 0. The molecule has 0 aliphatic heterocycles. The average Bonchev–Trinajstić information content (AvgIpc) is 2.42. The van der Waals surface area contributed by atoms with Crippen molar-refractivity contribution in [2.75, 3.05) is 6.54 Å². The summed E-state index contributed by atoms with van der Waals surface area (Å²) in [6.45, 7) is 4.15. The third-order valence-corrected chi connectivity index (χ3v) is 3.94. The average molecular weight is 340 g/mol. The van der Waals surface area contributed by atoms with E-state index in [1.165, 1.54) is 12.1 Å². The first-order valence-electron chi connectivity index (χ1n) is 6.48. The molecule has 0 radical (unpaired) electrons. The fourth-order valence-electron chi connectivity index (χ4n) is 2.18. The lowest BCUT2D eigenvalue weighted by molar-refractivity contribution is 0.540. The van der Waals surface area contributed by atoms with Gasteiger partial charge in [0.05, 0.1) is 6.04 Å². The Balaban J connectivity index is 2.54. The van der Waals surface area contributed by atoms with E-state index in [0.717, 1.165) is 10.0 Å². The first-order chi connectivity index (χ1) is 9.54. The van der Waals surface area contributed by atoms with E-state index in [1.54, 1.807) is 6.92 Å². The SMILES string of the molecule is CCNC(c1cc(F)c(C)cc1F)c1ccccc1Br. The van der Waals surface area contributed by atoms with Crippen LogP contribution in [0.25, 0.3) is 0 Å². The van der Waals surface area contributed by atoms with Crippen molar-refractivity contribution in [2.24, 2.45) is 0 Å². The number of hydrogen-bond acceptors (Lipinski definition) is 1. The van der Waals surface area contributed by atoms with E-state index in [9.17, 15) is 8.78 Å². The molecule has 2 aromatic carbocycles. The van der Waals surface area contributed by atoms with E-state index in [-0.39, 0.29) is 6.04 Å². The summed E-state index contributed by atoms with van der Waals surface area (Å²) in [5, 5.41) is 3.21. The van der Waals surface area contributed by atoms with E-state index < -0.39 is 11.6 Å². The Morgan fingerprint density at radius 3 is 2.45 bits per heavy atom. The van der Waals surface area contributed by atoms with Gasteiger partial charge in [-0.3, -0.25) is 0 Å².